The smallest absolute Gasteiger partial charge is 0.0443 e. The van der Waals surface area contributed by atoms with Crippen molar-refractivity contribution in [2.45, 2.75) is 32.1 Å². The largest absolute Gasteiger partial charge is 0.396 e. The van der Waals surface area contributed by atoms with E-state index >= 15 is 0 Å². The molecular formula is C9H19NO. The highest BCUT2D eigenvalue weighted by Gasteiger charge is 2.15. The summed E-state index contributed by atoms with van der Waals surface area (Å²) in [4.78, 5) is 0. The lowest BCUT2D eigenvalue weighted by molar-refractivity contribution is 0.276. The fourth-order valence-corrected chi connectivity index (χ4v) is 1.42. The van der Waals surface area contributed by atoms with Gasteiger partial charge >= 0.3 is 0 Å². The van der Waals surface area contributed by atoms with Gasteiger partial charge in [0.2, 0.25) is 0 Å². The monoisotopic (exact) mass is 157 g/mol. The molecule has 2 N–H and O–H groups in total. The molecule has 0 radical (unpaired) electrons. The Bertz CT molecular complexity index is 91.6. The zero-order valence-electron chi connectivity index (χ0n) is 7.18. The number of hydrogen-bond donors (Lipinski definition) is 2. The van der Waals surface area contributed by atoms with Gasteiger partial charge in [-0.05, 0) is 31.8 Å². The van der Waals surface area contributed by atoms with Crippen LogP contribution in [0.25, 0.3) is 0 Å². The van der Waals surface area contributed by atoms with Crippen LogP contribution in [0.1, 0.15) is 32.1 Å². The Hall–Kier alpha value is -0.0800. The van der Waals surface area contributed by atoms with E-state index in [9.17, 15) is 0 Å². The van der Waals surface area contributed by atoms with Crippen LogP contribution in [0.15, 0.2) is 0 Å². The first-order chi connectivity index (χ1) is 5.43. The van der Waals surface area contributed by atoms with E-state index in [1.54, 1.807) is 0 Å². The Morgan fingerprint density at radius 3 is 2.64 bits per heavy atom. The molecule has 0 bridgehead atoms. The number of aliphatic hydroxyl groups is 1. The van der Waals surface area contributed by atoms with Crippen molar-refractivity contribution >= 4 is 0 Å². The SMILES string of the molecule is OCCCNCCC1CCC1. The predicted molar refractivity (Wildman–Crippen MR) is 46.5 cm³/mol. The Balaban J connectivity index is 1.73. The maximum absolute atomic E-state index is 8.49. The van der Waals surface area contributed by atoms with Gasteiger partial charge in [-0.25, -0.2) is 0 Å². The van der Waals surface area contributed by atoms with E-state index in [0.29, 0.717) is 6.61 Å². The minimum absolute atomic E-state index is 0.316. The van der Waals surface area contributed by atoms with Crippen molar-refractivity contribution < 1.29 is 5.11 Å². The molecule has 0 aromatic heterocycles. The summed E-state index contributed by atoms with van der Waals surface area (Å²) in [5, 5.41) is 11.8. The second kappa shape index (κ2) is 5.56. The topological polar surface area (TPSA) is 32.3 Å². The average Bonchev–Trinajstić information content (AvgIpc) is 1.93. The van der Waals surface area contributed by atoms with Crippen LogP contribution in [0, 0.1) is 5.92 Å². The number of aliphatic hydroxyl groups excluding tert-OH is 1. The van der Waals surface area contributed by atoms with Crippen LogP contribution in [-0.2, 0) is 0 Å². The summed E-state index contributed by atoms with van der Waals surface area (Å²) in [5.74, 6) is 1.01. The van der Waals surface area contributed by atoms with Crippen LogP contribution in [0.4, 0.5) is 0 Å². The second-order valence-electron chi connectivity index (χ2n) is 3.41. The van der Waals surface area contributed by atoms with Gasteiger partial charge in [0.1, 0.15) is 0 Å². The van der Waals surface area contributed by atoms with Crippen molar-refractivity contribution in [2.24, 2.45) is 5.92 Å². The Kier molecular flexibility index (Phi) is 4.55. The van der Waals surface area contributed by atoms with Crippen molar-refractivity contribution in [2.75, 3.05) is 19.7 Å². The fraction of sp³-hybridized carbons (Fsp3) is 1.00. The molecular weight excluding hydrogens is 138 g/mol. The van der Waals surface area contributed by atoms with E-state index < -0.39 is 0 Å². The summed E-state index contributed by atoms with van der Waals surface area (Å²) in [6, 6.07) is 0. The molecule has 66 valence electrons. The maximum atomic E-state index is 8.49. The zero-order valence-corrected chi connectivity index (χ0v) is 7.18. The molecule has 2 nitrogen and oxygen atoms in total. The van der Waals surface area contributed by atoms with Gasteiger partial charge in [-0.1, -0.05) is 19.3 Å². The Labute approximate surface area is 69.0 Å². The summed E-state index contributed by atoms with van der Waals surface area (Å²) >= 11 is 0. The van der Waals surface area contributed by atoms with Crippen molar-refractivity contribution in [3.63, 3.8) is 0 Å². The molecule has 1 fully saturated rings. The predicted octanol–water partition coefficient (Wildman–Crippen LogP) is 1.15. The first-order valence-electron chi connectivity index (χ1n) is 4.75. The molecule has 1 aliphatic rings. The Morgan fingerprint density at radius 2 is 2.09 bits per heavy atom. The molecule has 0 amide bonds. The fourth-order valence-electron chi connectivity index (χ4n) is 1.42. The van der Waals surface area contributed by atoms with Crippen LogP contribution in [0.2, 0.25) is 0 Å². The molecule has 2 heteroatoms. The van der Waals surface area contributed by atoms with Gasteiger partial charge in [0.15, 0.2) is 0 Å². The number of hydrogen-bond acceptors (Lipinski definition) is 2. The summed E-state index contributed by atoms with van der Waals surface area (Å²) in [5.41, 5.74) is 0. The van der Waals surface area contributed by atoms with Crippen LogP contribution < -0.4 is 5.32 Å². The van der Waals surface area contributed by atoms with Crippen molar-refractivity contribution in [1.29, 1.82) is 0 Å². The van der Waals surface area contributed by atoms with Gasteiger partial charge < -0.3 is 10.4 Å². The Morgan fingerprint density at radius 1 is 1.27 bits per heavy atom. The first kappa shape index (κ1) is 9.01. The third kappa shape index (κ3) is 3.73. The zero-order chi connectivity index (χ0) is 7.94. The number of nitrogens with one attached hydrogen (secondary N) is 1. The highest BCUT2D eigenvalue weighted by molar-refractivity contribution is 4.69. The lowest BCUT2D eigenvalue weighted by Crippen LogP contribution is -2.22. The molecule has 1 saturated carbocycles. The van der Waals surface area contributed by atoms with Crippen molar-refractivity contribution in [1.82, 2.24) is 5.32 Å². The maximum Gasteiger partial charge on any atom is 0.0443 e. The van der Waals surface area contributed by atoms with E-state index in [2.05, 4.69) is 5.32 Å². The molecule has 1 aliphatic carbocycles. The lowest BCUT2D eigenvalue weighted by atomic mass is 9.83. The van der Waals surface area contributed by atoms with E-state index in [1.807, 2.05) is 0 Å². The van der Waals surface area contributed by atoms with Gasteiger partial charge in [0.25, 0.3) is 0 Å². The molecule has 1 rings (SSSR count). The molecule has 0 unspecified atom stereocenters. The van der Waals surface area contributed by atoms with Crippen LogP contribution in [-0.4, -0.2) is 24.8 Å². The summed E-state index contributed by atoms with van der Waals surface area (Å²) in [7, 11) is 0. The molecule has 0 aromatic carbocycles. The molecule has 0 aliphatic heterocycles. The quantitative estimate of drug-likeness (QED) is 0.567. The summed E-state index contributed by atoms with van der Waals surface area (Å²) in [6.07, 6.45) is 6.57. The van der Waals surface area contributed by atoms with Gasteiger partial charge in [-0.15, -0.1) is 0 Å². The third-order valence-corrected chi connectivity index (χ3v) is 2.47. The molecule has 11 heavy (non-hydrogen) atoms. The minimum atomic E-state index is 0.316. The molecule has 0 saturated heterocycles. The van der Waals surface area contributed by atoms with Gasteiger partial charge in [-0.2, -0.15) is 0 Å². The molecule has 0 aromatic rings. The highest BCUT2D eigenvalue weighted by Crippen LogP contribution is 2.28. The minimum Gasteiger partial charge on any atom is -0.396 e. The standard InChI is InChI=1S/C9H19NO/c11-8-2-6-10-7-5-9-3-1-4-9/h9-11H,1-8H2. The first-order valence-corrected chi connectivity index (χ1v) is 4.75. The summed E-state index contributed by atoms with van der Waals surface area (Å²) < 4.78 is 0. The normalized spacial score (nSPS) is 18.3. The van der Waals surface area contributed by atoms with Crippen molar-refractivity contribution in [3.05, 3.63) is 0 Å². The highest BCUT2D eigenvalue weighted by atomic mass is 16.3. The van der Waals surface area contributed by atoms with Crippen LogP contribution in [0.3, 0.4) is 0 Å². The second-order valence-corrected chi connectivity index (χ2v) is 3.41. The summed E-state index contributed by atoms with van der Waals surface area (Å²) in [6.45, 7) is 2.43. The van der Waals surface area contributed by atoms with Gasteiger partial charge in [0.05, 0.1) is 0 Å². The molecule has 0 spiro atoms. The number of rotatable bonds is 6. The van der Waals surface area contributed by atoms with Crippen molar-refractivity contribution in [3.8, 4) is 0 Å². The van der Waals surface area contributed by atoms with E-state index in [0.717, 1.165) is 25.4 Å². The van der Waals surface area contributed by atoms with E-state index in [-0.39, 0.29) is 0 Å². The van der Waals surface area contributed by atoms with Gasteiger partial charge in [-0.3, -0.25) is 0 Å². The van der Waals surface area contributed by atoms with E-state index in [4.69, 9.17) is 5.11 Å². The van der Waals surface area contributed by atoms with Crippen LogP contribution in [0.5, 0.6) is 0 Å². The third-order valence-electron chi connectivity index (χ3n) is 2.47. The van der Waals surface area contributed by atoms with Gasteiger partial charge in [0, 0.05) is 6.61 Å². The van der Waals surface area contributed by atoms with Crippen LogP contribution >= 0.6 is 0 Å². The average molecular weight is 157 g/mol. The lowest BCUT2D eigenvalue weighted by Gasteiger charge is -2.25. The van der Waals surface area contributed by atoms with E-state index in [1.165, 1.54) is 25.7 Å². The molecule has 0 atom stereocenters. The molecule has 0 heterocycles.